The van der Waals surface area contributed by atoms with Gasteiger partial charge in [-0.3, -0.25) is 9.59 Å². The van der Waals surface area contributed by atoms with Crippen molar-refractivity contribution in [3.05, 3.63) is 0 Å². The van der Waals surface area contributed by atoms with Crippen LogP contribution in [0.1, 0.15) is 38.5 Å². The van der Waals surface area contributed by atoms with E-state index >= 15 is 0 Å². The number of urea groups is 1. The second-order valence-corrected chi connectivity index (χ2v) is 6.20. The number of fused-ring (bicyclic) bond motifs is 1. The Morgan fingerprint density at radius 1 is 1.36 bits per heavy atom. The normalized spacial score (nSPS) is 27.1. The van der Waals surface area contributed by atoms with Gasteiger partial charge in [-0.25, -0.2) is 4.79 Å². The topological polar surface area (TPSA) is 95.9 Å². The molecule has 2 aliphatic rings. The molecule has 7 nitrogen and oxygen atoms in total. The summed E-state index contributed by atoms with van der Waals surface area (Å²) in [6.45, 7) is 1.30. The molecule has 2 amide bonds. The zero-order valence-electron chi connectivity index (χ0n) is 13.0. The predicted molar refractivity (Wildman–Crippen MR) is 78.2 cm³/mol. The minimum Gasteiger partial charge on any atom is -0.481 e. The summed E-state index contributed by atoms with van der Waals surface area (Å²) in [6.07, 6.45) is 4.22. The first-order valence-corrected chi connectivity index (χ1v) is 7.82. The highest BCUT2D eigenvalue weighted by atomic mass is 16.5. The maximum absolute atomic E-state index is 12.2. The first-order chi connectivity index (χ1) is 10.5. The van der Waals surface area contributed by atoms with Crippen LogP contribution in [0.25, 0.3) is 0 Å². The van der Waals surface area contributed by atoms with Crippen molar-refractivity contribution in [1.29, 1.82) is 0 Å². The lowest BCUT2D eigenvalue weighted by Gasteiger charge is -2.35. The van der Waals surface area contributed by atoms with E-state index in [2.05, 4.69) is 5.32 Å². The molecule has 0 spiro atoms. The summed E-state index contributed by atoms with van der Waals surface area (Å²) in [7, 11) is 1.40. The minimum absolute atomic E-state index is 0.0367. The van der Waals surface area contributed by atoms with E-state index in [0.717, 1.165) is 25.7 Å². The fourth-order valence-corrected chi connectivity index (χ4v) is 3.69. The van der Waals surface area contributed by atoms with Crippen molar-refractivity contribution < 1.29 is 24.2 Å². The molecule has 2 atom stereocenters. The monoisotopic (exact) mass is 312 g/mol. The average molecular weight is 312 g/mol. The van der Waals surface area contributed by atoms with Gasteiger partial charge in [-0.05, 0) is 25.2 Å². The van der Waals surface area contributed by atoms with Crippen LogP contribution in [0.5, 0.6) is 0 Å². The van der Waals surface area contributed by atoms with Gasteiger partial charge >= 0.3 is 18.0 Å². The number of carboxylic acids is 1. The first kappa shape index (κ1) is 16.6. The number of hydrogen-bond acceptors (Lipinski definition) is 4. The molecule has 1 saturated heterocycles. The number of ether oxygens (including phenoxy) is 1. The lowest BCUT2D eigenvalue weighted by Crippen LogP contribution is -2.44. The number of nitrogens with zero attached hydrogens (tertiary/aromatic N) is 1. The number of likely N-dealkylation sites (tertiary alicyclic amines) is 1. The van der Waals surface area contributed by atoms with Crippen LogP contribution < -0.4 is 5.32 Å². The zero-order chi connectivity index (χ0) is 16.2. The second kappa shape index (κ2) is 6.98. The molecule has 2 N–H and O–H groups in total. The Labute approximate surface area is 130 Å². The quantitative estimate of drug-likeness (QED) is 0.588. The van der Waals surface area contributed by atoms with Crippen molar-refractivity contribution in [1.82, 2.24) is 10.2 Å². The lowest BCUT2D eigenvalue weighted by molar-refractivity contribution is -0.156. The van der Waals surface area contributed by atoms with Gasteiger partial charge in [-0.2, -0.15) is 0 Å². The van der Waals surface area contributed by atoms with Crippen LogP contribution in [0.4, 0.5) is 4.79 Å². The van der Waals surface area contributed by atoms with Gasteiger partial charge in [0, 0.05) is 26.1 Å². The Hall–Kier alpha value is -1.79. The maximum atomic E-state index is 12.2. The lowest BCUT2D eigenvalue weighted by atomic mass is 9.68. The molecule has 2 rings (SSSR count). The maximum Gasteiger partial charge on any atom is 0.317 e. The highest BCUT2D eigenvalue weighted by Crippen LogP contribution is 2.47. The smallest absolute Gasteiger partial charge is 0.317 e. The molecular formula is C15H24N2O5. The molecule has 22 heavy (non-hydrogen) atoms. The van der Waals surface area contributed by atoms with Crippen LogP contribution in [0.15, 0.2) is 0 Å². The van der Waals surface area contributed by atoms with Gasteiger partial charge in [0.05, 0.1) is 12.5 Å². The van der Waals surface area contributed by atoms with E-state index in [9.17, 15) is 14.4 Å². The van der Waals surface area contributed by atoms with E-state index in [0.29, 0.717) is 26.1 Å². The summed E-state index contributed by atoms with van der Waals surface area (Å²) in [5, 5.41) is 11.3. The van der Waals surface area contributed by atoms with E-state index in [1.165, 1.54) is 7.11 Å². The number of aliphatic carboxylic acids is 1. The number of carboxylic acid groups (broad SMARTS) is 1. The number of carbonyl (C=O) groups excluding carboxylic acids is 2. The van der Waals surface area contributed by atoms with Gasteiger partial charge in [-0.15, -0.1) is 0 Å². The fraction of sp³-hybridized carbons (Fsp3) is 0.800. The Morgan fingerprint density at radius 2 is 2.14 bits per heavy atom. The number of nitrogens with one attached hydrogen (secondary N) is 1. The fourth-order valence-electron chi connectivity index (χ4n) is 3.69. The van der Waals surface area contributed by atoms with E-state index < -0.39 is 11.4 Å². The second-order valence-electron chi connectivity index (χ2n) is 6.20. The van der Waals surface area contributed by atoms with E-state index in [1.54, 1.807) is 4.90 Å². The number of esters is 1. The van der Waals surface area contributed by atoms with Gasteiger partial charge in [0.2, 0.25) is 0 Å². The molecule has 1 aliphatic carbocycles. The molecule has 1 heterocycles. The van der Waals surface area contributed by atoms with Crippen LogP contribution in [-0.2, 0) is 14.3 Å². The Kier molecular flexibility index (Phi) is 5.26. The molecule has 0 unspecified atom stereocenters. The molecule has 0 aromatic heterocycles. The number of hydrogen-bond donors (Lipinski definition) is 2. The third-order valence-corrected chi connectivity index (χ3v) is 4.84. The molecular weight excluding hydrogens is 288 g/mol. The molecule has 0 aromatic rings. The molecule has 2 fully saturated rings. The summed E-state index contributed by atoms with van der Waals surface area (Å²) in [4.78, 5) is 36.6. The van der Waals surface area contributed by atoms with Gasteiger partial charge in [0.25, 0.3) is 0 Å². The summed E-state index contributed by atoms with van der Waals surface area (Å²) in [5.41, 5.74) is -0.550. The van der Waals surface area contributed by atoms with E-state index in [1.807, 2.05) is 0 Å². The average Bonchev–Trinajstić information content (AvgIpc) is 2.91. The van der Waals surface area contributed by atoms with Gasteiger partial charge in [-0.1, -0.05) is 12.8 Å². The van der Waals surface area contributed by atoms with E-state index in [-0.39, 0.29) is 24.3 Å². The Balaban J connectivity index is 1.92. The Bertz CT molecular complexity index is 453. The van der Waals surface area contributed by atoms with Gasteiger partial charge in [0.1, 0.15) is 0 Å². The van der Waals surface area contributed by atoms with Crippen molar-refractivity contribution in [2.75, 3.05) is 26.7 Å². The number of carbonyl (C=O) groups is 3. The number of methoxy groups -OCH3 is 1. The standard InChI is InChI=1S/C15H24N2O5/c1-22-13(20)15-7-3-2-5-11(15)9-17(10-15)14(21)16-8-4-6-12(18)19/h11H,2-10H2,1H3,(H,16,21)(H,18,19)/t11-,15-/m1/s1. The largest absolute Gasteiger partial charge is 0.481 e. The van der Waals surface area contributed by atoms with Gasteiger partial charge in [0.15, 0.2) is 0 Å². The Morgan fingerprint density at radius 3 is 2.82 bits per heavy atom. The van der Waals surface area contributed by atoms with Crippen molar-refractivity contribution in [2.24, 2.45) is 11.3 Å². The van der Waals surface area contributed by atoms with Crippen molar-refractivity contribution in [3.63, 3.8) is 0 Å². The van der Waals surface area contributed by atoms with Crippen molar-refractivity contribution >= 4 is 18.0 Å². The number of rotatable bonds is 5. The van der Waals surface area contributed by atoms with Crippen molar-refractivity contribution in [2.45, 2.75) is 38.5 Å². The molecule has 0 radical (unpaired) electrons. The van der Waals surface area contributed by atoms with Crippen LogP contribution >= 0.6 is 0 Å². The SMILES string of the molecule is COC(=O)[C@@]12CCCC[C@@H]1CN(C(=O)NCCCC(=O)O)C2. The highest BCUT2D eigenvalue weighted by Gasteiger charge is 2.54. The third-order valence-electron chi connectivity index (χ3n) is 4.84. The first-order valence-electron chi connectivity index (χ1n) is 7.82. The highest BCUT2D eigenvalue weighted by molar-refractivity contribution is 5.81. The molecule has 0 aromatic carbocycles. The summed E-state index contributed by atoms with van der Waals surface area (Å²) >= 11 is 0. The molecule has 124 valence electrons. The molecule has 1 aliphatic heterocycles. The molecule has 0 bridgehead atoms. The van der Waals surface area contributed by atoms with Gasteiger partial charge < -0.3 is 20.1 Å². The van der Waals surface area contributed by atoms with Crippen LogP contribution in [0, 0.1) is 11.3 Å². The van der Waals surface area contributed by atoms with E-state index in [4.69, 9.17) is 9.84 Å². The molecule has 1 saturated carbocycles. The summed E-state index contributed by atoms with van der Waals surface area (Å²) in [5.74, 6) is -0.914. The zero-order valence-corrected chi connectivity index (χ0v) is 13.0. The van der Waals surface area contributed by atoms with Crippen LogP contribution in [0.2, 0.25) is 0 Å². The predicted octanol–water partition coefficient (Wildman–Crippen LogP) is 1.23. The molecule has 7 heteroatoms. The van der Waals surface area contributed by atoms with Crippen LogP contribution in [-0.4, -0.2) is 54.7 Å². The third kappa shape index (κ3) is 3.34. The summed E-state index contributed by atoms with van der Waals surface area (Å²) in [6, 6.07) is -0.219. The van der Waals surface area contributed by atoms with Crippen molar-refractivity contribution in [3.8, 4) is 0 Å². The van der Waals surface area contributed by atoms with Crippen LogP contribution in [0.3, 0.4) is 0 Å². The summed E-state index contributed by atoms with van der Waals surface area (Å²) < 4.78 is 4.98. The number of amides is 2. The minimum atomic E-state index is -0.869.